The number of hydrogen-bond acceptors (Lipinski definition) is 12. The average Bonchev–Trinajstić information content (AvgIpc) is 3.42. The Morgan fingerprint density at radius 3 is 2.75 bits per heavy atom. The van der Waals surface area contributed by atoms with Gasteiger partial charge in [-0.15, -0.1) is 6.42 Å². The highest BCUT2D eigenvalue weighted by atomic mass is 32.5. The van der Waals surface area contributed by atoms with E-state index in [0.717, 1.165) is 0 Å². The van der Waals surface area contributed by atoms with Gasteiger partial charge in [0.15, 0.2) is 23.0 Å². The van der Waals surface area contributed by atoms with Crippen LogP contribution in [0.4, 0.5) is 5.95 Å². The predicted molar refractivity (Wildman–Crippen MR) is 147 cm³/mol. The zero-order chi connectivity index (χ0) is 29.2. The van der Waals surface area contributed by atoms with Crippen LogP contribution in [-0.4, -0.2) is 72.3 Å². The molecule has 6 atom stereocenters. The number of ether oxygens (including phenoxy) is 2. The lowest BCUT2D eigenvalue weighted by molar-refractivity contribution is -0.149. The number of esters is 1. The second-order valence-electron chi connectivity index (χ2n) is 9.25. The molecule has 6 N–H and O–H groups in total. The second-order valence-corrected chi connectivity index (χ2v) is 12.4. The number of imidazole rings is 1. The van der Waals surface area contributed by atoms with Gasteiger partial charge in [-0.2, -0.15) is 4.98 Å². The summed E-state index contributed by atoms with van der Waals surface area (Å²) in [4.78, 5) is 35.1. The fourth-order valence-electron chi connectivity index (χ4n) is 3.96. The van der Waals surface area contributed by atoms with Gasteiger partial charge in [-0.3, -0.25) is 19.1 Å². The normalized spacial score (nSPS) is 24.9. The molecule has 0 amide bonds. The van der Waals surface area contributed by atoms with E-state index in [-0.39, 0.29) is 23.2 Å². The Kier molecular flexibility index (Phi) is 8.62. The van der Waals surface area contributed by atoms with E-state index >= 15 is 0 Å². The van der Waals surface area contributed by atoms with Crippen molar-refractivity contribution in [3.63, 3.8) is 0 Å². The second kappa shape index (κ2) is 11.6. The highest BCUT2D eigenvalue weighted by Gasteiger charge is 2.56. The molecule has 0 bridgehead atoms. The summed E-state index contributed by atoms with van der Waals surface area (Å²) in [7, 11) is 0. The highest BCUT2D eigenvalue weighted by molar-refractivity contribution is 8.09. The van der Waals surface area contributed by atoms with Crippen molar-refractivity contribution in [2.24, 2.45) is 0 Å². The molecule has 0 aliphatic carbocycles. The Bertz CT molecular complexity index is 1530. The number of aromatic nitrogens is 4. The van der Waals surface area contributed by atoms with E-state index in [4.69, 9.17) is 42.5 Å². The third-order valence-electron chi connectivity index (χ3n) is 5.85. The number of rotatable bonds is 10. The van der Waals surface area contributed by atoms with Crippen molar-refractivity contribution in [3.8, 4) is 18.1 Å². The number of nitrogens with zero attached hydrogens (tertiary/aromatic N) is 3. The number of nitrogens with two attached hydrogens (primary N) is 1. The van der Waals surface area contributed by atoms with Crippen molar-refractivity contribution in [2.75, 3.05) is 12.3 Å². The van der Waals surface area contributed by atoms with Crippen LogP contribution >= 0.6 is 6.64 Å². The van der Waals surface area contributed by atoms with Crippen molar-refractivity contribution < 1.29 is 33.5 Å². The Hall–Kier alpha value is -3.35. The number of carbonyl (C=O) groups is 1. The molecule has 0 spiro atoms. The van der Waals surface area contributed by atoms with Gasteiger partial charge in [0.2, 0.25) is 5.95 Å². The van der Waals surface area contributed by atoms with Crippen LogP contribution in [0, 0.1) is 12.3 Å². The summed E-state index contributed by atoms with van der Waals surface area (Å²) in [5.41, 5.74) is 2.67. The first-order chi connectivity index (χ1) is 18.9. The van der Waals surface area contributed by atoms with Gasteiger partial charge < -0.3 is 34.5 Å². The molecular weight excluding hydrogens is 563 g/mol. The molecule has 1 saturated heterocycles. The van der Waals surface area contributed by atoms with Crippen LogP contribution in [0.2, 0.25) is 0 Å². The summed E-state index contributed by atoms with van der Waals surface area (Å²) < 4.78 is 24.3. The fraction of sp³-hybridized carbons (Fsp3) is 0.417. The van der Waals surface area contributed by atoms with Gasteiger partial charge >= 0.3 is 12.6 Å². The minimum atomic E-state index is -3.49. The lowest BCUT2D eigenvalue weighted by atomic mass is 9.95. The zero-order valence-electron chi connectivity index (χ0n) is 21.8. The molecule has 214 valence electrons. The van der Waals surface area contributed by atoms with Gasteiger partial charge in [0.05, 0.1) is 19.0 Å². The number of aliphatic hydroxyl groups is 2. The third kappa shape index (κ3) is 6.03. The first-order valence-corrected chi connectivity index (χ1v) is 14.7. The molecule has 3 heterocycles. The van der Waals surface area contributed by atoms with E-state index < -0.39 is 54.9 Å². The van der Waals surface area contributed by atoms with E-state index in [1.54, 1.807) is 51.1 Å². The number of fused-ring (bicyclic) bond motifs is 1. The largest absolute Gasteiger partial charge is 0.462 e. The number of benzene rings is 1. The average molecular weight is 593 g/mol. The van der Waals surface area contributed by atoms with Gasteiger partial charge in [0.25, 0.3) is 5.56 Å². The maximum absolute atomic E-state index is 12.5. The molecule has 2 aromatic heterocycles. The van der Waals surface area contributed by atoms with Crippen LogP contribution in [0.15, 0.2) is 41.5 Å². The first-order valence-electron chi connectivity index (χ1n) is 12.1. The minimum Gasteiger partial charge on any atom is -0.462 e. The van der Waals surface area contributed by atoms with Gasteiger partial charge in [-0.1, -0.05) is 24.1 Å². The van der Waals surface area contributed by atoms with E-state index in [0.29, 0.717) is 5.75 Å². The number of aromatic amines is 1. The summed E-state index contributed by atoms with van der Waals surface area (Å²) in [5.74, 6) is 1.76. The summed E-state index contributed by atoms with van der Waals surface area (Å²) in [6, 6.07) is 7.65. The Morgan fingerprint density at radius 2 is 2.10 bits per heavy atom. The van der Waals surface area contributed by atoms with Crippen LogP contribution in [0.3, 0.4) is 0 Å². The van der Waals surface area contributed by atoms with E-state index in [1.165, 1.54) is 10.9 Å². The van der Waals surface area contributed by atoms with E-state index in [1.807, 2.05) is 0 Å². The number of anilines is 1. The topological polar surface area (TPSA) is 196 Å². The van der Waals surface area contributed by atoms with E-state index in [2.05, 4.69) is 26.0 Å². The Labute approximate surface area is 234 Å². The molecule has 1 aliphatic rings. The number of carbonyl (C=O) groups excluding carboxylic acids is 1. The first kappa shape index (κ1) is 29.6. The lowest BCUT2D eigenvalue weighted by Crippen LogP contribution is -2.46. The molecule has 0 saturated carbocycles. The highest BCUT2D eigenvalue weighted by Crippen LogP contribution is 2.47. The van der Waals surface area contributed by atoms with Crippen LogP contribution in [0.25, 0.3) is 11.2 Å². The molecule has 1 aromatic carbocycles. The molecule has 40 heavy (non-hydrogen) atoms. The number of aliphatic hydroxyl groups excluding tert-OH is 1. The molecule has 1 aliphatic heterocycles. The quantitative estimate of drug-likeness (QED) is 0.125. The van der Waals surface area contributed by atoms with Gasteiger partial charge in [-0.05, 0) is 44.7 Å². The number of H-pyrrole nitrogens is 1. The van der Waals surface area contributed by atoms with Crippen molar-refractivity contribution >= 4 is 41.5 Å². The SMILES string of the molecule is C#CC1(O)C(O)C(COP(=S)(NC(C)C(=O)OC(C)C)Oc2ccccc2)OC1n1cnc2c(=O)[nH]c(N)nc21. The molecule has 16 heteroatoms. The molecule has 0 radical (unpaired) electrons. The predicted octanol–water partition coefficient (Wildman–Crippen LogP) is 0.574. The zero-order valence-corrected chi connectivity index (χ0v) is 23.5. The lowest BCUT2D eigenvalue weighted by Gasteiger charge is -2.28. The maximum atomic E-state index is 12.5. The number of para-hydroxylation sites is 1. The summed E-state index contributed by atoms with van der Waals surface area (Å²) in [6.45, 7) is 1.07. The van der Waals surface area contributed by atoms with Crippen molar-refractivity contribution in [1.82, 2.24) is 24.6 Å². The minimum absolute atomic E-state index is 0.0228. The molecule has 3 aromatic rings. The molecule has 4 rings (SSSR count). The molecular formula is C24H29N6O8PS. The van der Waals surface area contributed by atoms with Crippen LogP contribution in [0.1, 0.15) is 27.0 Å². The standard InChI is InChI=1S/C24H29N6O8PS/c1-5-24(34)18(31)16(37-22(24)30-12-26-17-19(30)27-23(25)28-20(17)32)11-35-39(40,38-15-9-7-6-8-10-15)29-14(4)21(33)36-13(2)3/h1,6-10,12-14,16,18,22,31,34H,11H2,2-4H3,(H,29,40)(H3,25,27,28,32). The smallest absolute Gasteiger partial charge is 0.323 e. The molecule has 1 fully saturated rings. The van der Waals surface area contributed by atoms with Crippen LogP contribution < -0.4 is 20.9 Å². The number of nitrogens with one attached hydrogen (secondary N) is 2. The monoisotopic (exact) mass is 592 g/mol. The number of nitrogen functional groups attached to an aromatic ring is 1. The molecule has 14 nitrogen and oxygen atoms in total. The Morgan fingerprint density at radius 1 is 1.40 bits per heavy atom. The maximum Gasteiger partial charge on any atom is 0.323 e. The number of terminal acetylenes is 1. The summed E-state index contributed by atoms with van der Waals surface area (Å²) in [5, 5.41) is 25.1. The summed E-state index contributed by atoms with van der Waals surface area (Å²) in [6.07, 6.45) is 2.10. The van der Waals surface area contributed by atoms with Gasteiger partial charge in [0, 0.05) is 0 Å². The fourth-order valence-corrected chi connectivity index (χ4v) is 6.38. The Balaban J connectivity index is 1.59. The van der Waals surface area contributed by atoms with Crippen molar-refractivity contribution in [1.29, 1.82) is 0 Å². The molecule has 6 unspecified atom stereocenters. The van der Waals surface area contributed by atoms with E-state index in [9.17, 15) is 19.8 Å². The van der Waals surface area contributed by atoms with Crippen molar-refractivity contribution in [2.45, 2.75) is 57.0 Å². The van der Waals surface area contributed by atoms with Crippen LogP contribution in [-0.2, 0) is 30.6 Å². The third-order valence-corrected chi connectivity index (χ3v) is 8.35. The van der Waals surface area contributed by atoms with Gasteiger partial charge in [-0.25, -0.2) is 10.1 Å². The van der Waals surface area contributed by atoms with Crippen molar-refractivity contribution in [3.05, 3.63) is 47.0 Å². The number of hydrogen-bond donors (Lipinski definition) is 5. The van der Waals surface area contributed by atoms with Crippen LogP contribution in [0.5, 0.6) is 5.75 Å². The summed E-state index contributed by atoms with van der Waals surface area (Å²) >= 11 is 5.68. The van der Waals surface area contributed by atoms with Gasteiger partial charge in [0.1, 0.15) is 24.0 Å².